The summed E-state index contributed by atoms with van der Waals surface area (Å²) in [5.41, 5.74) is -3.64. The quantitative estimate of drug-likeness (QED) is 0.348. The van der Waals surface area contributed by atoms with E-state index in [0.717, 1.165) is 24.3 Å². The van der Waals surface area contributed by atoms with Crippen LogP contribution in [0.1, 0.15) is 33.4 Å². The van der Waals surface area contributed by atoms with Crippen molar-refractivity contribution in [2.24, 2.45) is 0 Å². The largest absolute Gasteiger partial charge is 0.411 e. The van der Waals surface area contributed by atoms with Gasteiger partial charge in [-0.15, -0.1) is 0 Å². The van der Waals surface area contributed by atoms with E-state index in [2.05, 4.69) is 0 Å². The van der Waals surface area contributed by atoms with E-state index in [1.807, 2.05) is 0 Å². The molecule has 170 valence electrons. The van der Waals surface area contributed by atoms with E-state index in [1.54, 1.807) is 26.0 Å². The number of aryl methyl sites for hydroxylation is 4. The zero-order valence-electron chi connectivity index (χ0n) is 17.4. The lowest BCUT2D eigenvalue weighted by atomic mass is 9.72. The highest BCUT2D eigenvalue weighted by Crippen LogP contribution is 2.56. The second kappa shape index (κ2) is 8.60. The van der Waals surface area contributed by atoms with Gasteiger partial charge in [0.15, 0.2) is 0 Å². The van der Waals surface area contributed by atoms with Crippen LogP contribution in [0.15, 0.2) is 66.7 Å². The molecular weight excluding hydrogens is 433 g/mol. The summed E-state index contributed by atoms with van der Waals surface area (Å²) in [4.78, 5) is 0. The number of hydrogen-bond donors (Lipinski definition) is 0. The van der Waals surface area contributed by atoms with Crippen LogP contribution in [0, 0.1) is 19.7 Å². The molecule has 0 N–H and O–H groups in total. The predicted molar refractivity (Wildman–Crippen MR) is 109 cm³/mol. The van der Waals surface area contributed by atoms with Crippen molar-refractivity contribution in [3.05, 3.63) is 106 Å². The Kier molecular flexibility index (Phi) is 6.40. The van der Waals surface area contributed by atoms with Gasteiger partial charge < -0.3 is 0 Å². The molecule has 0 unspecified atom stereocenters. The van der Waals surface area contributed by atoms with Crippen molar-refractivity contribution < 1.29 is 30.7 Å². The monoisotopic (exact) mass is 454 g/mol. The third-order valence-electron chi connectivity index (χ3n) is 5.66. The Labute approximate surface area is 181 Å². The molecule has 0 radical (unpaired) electrons. The first-order valence-corrected chi connectivity index (χ1v) is 9.91. The Bertz CT molecular complexity index is 1050. The van der Waals surface area contributed by atoms with Crippen molar-refractivity contribution in [2.75, 3.05) is 0 Å². The van der Waals surface area contributed by atoms with Crippen LogP contribution in [0.3, 0.4) is 0 Å². The van der Waals surface area contributed by atoms with E-state index >= 15 is 0 Å². The van der Waals surface area contributed by atoms with Gasteiger partial charge in [0.1, 0.15) is 5.82 Å². The summed E-state index contributed by atoms with van der Waals surface area (Å²) >= 11 is 0. The normalized spacial score (nSPS) is 12.8. The fraction of sp³-hybridized carbons (Fsp3) is 0.280. The minimum Gasteiger partial charge on any atom is -0.207 e. The van der Waals surface area contributed by atoms with Gasteiger partial charge in [0, 0.05) is 0 Å². The molecule has 0 heterocycles. The topological polar surface area (TPSA) is 0 Å². The standard InChI is InChI=1S/C25H21F7/c1-16-3-11-20(12-4-16)23(24(27,28)29,25(30,31)32)21-13-9-18(10-14-21)7-8-19-6-5-17(2)22(26)15-19/h3-6,9-15H,7-8H2,1-2H3. The van der Waals surface area contributed by atoms with E-state index in [1.165, 1.54) is 30.3 Å². The summed E-state index contributed by atoms with van der Waals surface area (Å²) in [5.74, 6) is -0.365. The molecule has 3 rings (SSSR count). The highest BCUT2D eigenvalue weighted by Gasteiger charge is 2.72. The molecule has 3 aromatic rings. The summed E-state index contributed by atoms with van der Waals surface area (Å²) in [5, 5.41) is 0. The first-order valence-electron chi connectivity index (χ1n) is 9.91. The van der Waals surface area contributed by atoms with Crippen LogP contribution in [-0.4, -0.2) is 12.4 Å². The smallest absolute Gasteiger partial charge is 0.207 e. The molecule has 0 saturated carbocycles. The predicted octanol–water partition coefficient (Wildman–Crippen LogP) is 7.64. The second-order valence-electron chi connectivity index (χ2n) is 7.89. The molecule has 0 nitrogen and oxygen atoms in total. The lowest BCUT2D eigenvalue weighted by Gasteiger charge is -2.38. The van der Waals surface area contributed by atoms with Gasteiger partial charge in [-0.3, -0.25) is 0 Å². The molecule has 0 aromatic heterocycles. The molecule has 0 atom stereocenters. The molecule has 0 saturated heterocycles. The van der Waals surface area contributed by atoms with Gasteiger partial charge in [-0.05, 0) is 60.6 Å². The number of benzene rings is 3. The SMILES string of the molecule is Cc1ccc(C(c2ccc(CCc3ccc(C)c(F)c3)cc2)(C(F)(F)F)C(F)(F)F)cc1. The van der Waals surface area contributed by atoms with Crippen molar-refractivity contribution in [3.63, 3.8) is 0 Å². The van der Waals surface area contributed by atoms with Crippen molar-refractivity contribution >= 4 is 0 Å². The lowest BCUT2D eigenvalue weighted by Crippen LogP contribution is -2.54. The summed E-state index contributed by atoms with van der Waals surface area (Å²) < 4.78 is 98.5. The first kappa shape index (κ1) is 23.8. The van der Waals surface area contributed by atoms with Gasteiger partial charge in [0.05, 0.1) is 0 Å². The first-order chi connectivity index (χ1) is 14.9. The third-order valence-corrected chi connectivity index (χ3v) is 5.66. The maximum absolute atomic E-state index is 14.1. The van der Waals surface area contributed by atoms with Crippen molar-refractivity contribution in [3.8, 4) is 0 Å². The highest BCUT2D eigenvalue weighted by molar-refractivity contribution is 5.45. The molecule has 0 bridgehead atoms. The Morgan fingerprint density at radius 2 is 1.03 bits per heavy atom. The van der Waals surface area contributed by atoms with Crippen LogP contribution >= 0.6 is 0 Å². The van der Waals surface area contributed by atoms with Crippen LogP contribution in [0.2, 0.25) is 0 Å². The molecular formula is C25H21F7. The minimum atomic E-state index is -5.61. The minimum absolute atomic E-state index is 0.346. The Hall–Kier alpha value is -2.83. The molecule has 0 spiro atoms. The van der Waals surface area contributed by atoms with Crippen molar-refractivity contribution in [1.82, 2.24) is 0 Å². The van der Waals surface area contributed by atoms with Crippen molar-refractivity contribution in [2.45, 2.75) is 44.5 Å². The van der Waals surface area contributed by atoms with E-state index in [4.69, 9.17) is 0 Å². The number of rotatable bonds is 5. The summed E-state index contributed by atoms with van der Waals surface area (Å²) in [6.07, 6.45) is -10.5. The molecule has 0 amide bonds. The Morgan fingerprint density at radius 1 is 0.594 bits per heavy atom. The van der Waals surface area contributed by atoms with Gasteiger partial charge in [-0.1, -0.05) is 66.2 Å². The molecule has 0 aliphatic heterocycles. The molecule has 0 aliphatic carbocycles. The van der Waals surface area contributed by atoms with Gasteiger partial charge in [0.2, 0.25) is 5.41 Å². The maximum atomic E-state index is 14.1. The van der Waals surface area contributed by atoms with Gasteiger partial charge in [0.25, 0.3) is 0 Å². The highest BCUT2D eigenvalue weighted by atomic mass is 19.4. The zero-order valence-corrected chi connectivity index (χ0v) is 17.4. The van der Waals surface area contributed by atoms with Crippen LogP contribution < -0.4 is 0 Å². The summed E-state index contributed by atoms with van der Waals surface area (Å²) in [7, 11) is 0. The molecule has 0 fully saturated rings. The molecule has 32 heavy (non-hydrogen) atoms. The van der Waals surface area contributed by atoms with Crippen LogP contribution in [0.5, 0.6) is 0 Å². The van der Waals surface area contributed by atoms with Crippen LogP contribution in [0.4, 0.5) is 30.7 Å². The van der Waals surface area contributed by atoms with E-state index in [-0.39, 0.29) is 5.82 Å². The molecule has 0 aliphatic rings. The zero-order chi connectivity index (χ0) is 23.7. The lowest BCUT2D eigenvalue weighted by molar-refractivity contribution is -0.288. The number of hydrogen-bond acceptors (Lipinski definition) is 0. The second-order valence-corrected chi connectivity index (χ2v) is 7.89. The molecule has 7 heteroatoms. The number of halogens is 7. The van der Waals surface area contributed by atoms with Crippen LogP contribution in [0.25, 0.3) is 0 Å². The third kappa shape index (κ3) is 4.38. The number of alkyl halides is 6. The van der Waals surface area contributed by atoms with Crippen LogP contribution in [-0.2, 0) is 18.3 Å². The average Bonchev–Trinajstić information content (AvgIpc) is 2.69. The van der Waals surface area contributed by atoms with Gasteiger partial charge in [-0.25, -0.2) is 4.39 Å². The molecule has 3 aromatic carbocycles. The van der Waals surface area contributed by atoms with E-state index < -0.39 is 28.9 Å². The fourth-order valence-electron chi connectivity index (χ4n) is 3.79. The summed E-state index contributed by atoms with van der Waals surface area (Å²) in [6.45, 7) is 3.21. The van der Waals surface area contributed by atoms with Gasteiger partial charge in [-0.2, -0.15) is 26.3 Å². The van der Waals surface area contributed by atoms with Crippen molar-refractivity contribution in [1.29, 1.82) is 0 Å². The van der Waals surface area contributed by atoms with Gasteiger partial charge >= 0.3 is 12.4 Å². The maximum Gasteiger partial charge on any atom is 0.411 e. The average molecular weight is 454 g/mol. The summed E-state index contributed by atoms with van der Waals surface area (Å²) in [6, 6.07) is 13.2. The van der Waals surface area contributed by atoms with E-state index in [9.17, 15) is 30.7 Å². The fourth-order valence-corrected chi connectivity index (χ4v) is 3.79. The Morgan fingerprint density at radius 3 is 1.50 bits per heavy atom. The Balaban J connectivity index is 1.99. The van der Waals surface area contributed by atoms with E-state index in [0.29, 0.717) is 35.1 Å².